The molecule has 0 atom stereocenters. The Morgan fingerprint density at radius 2 is 1.44 bits per heavy atom. The molecule has 0 fully saturated rings. The maximum Gasteiger partial charge on any atom is 0.244 e. The summed E-state index contributed by atoms with van der Waals surface area (Å²) in [5.41, 5.74) is 0.518. The number of hydrogen-bond acceptors (Lipinski definition) is 6. The maximum atomic E-state index is 13.4. The number of benzene rings is 1. The van der Waals surface area contributed by atoms with Crippen LogP contribution in [0.1, 0.15) is 15.3 Å². The fourth-order valence-corrected chi connectivity index (χ4v) is 6.58. The largest absolute Gasteiger partial charge is 0.244 e. The molecule has 0 radical (unpaired) electrons. The topological polar surface area (TPSA) is 71.5 Å². The van der Waals surface area contributed by atoms with Crippen molar-refractivity contribution < 1.29 is 16.8 Å². The van der Waals surface area contributed by atoms with E-state index < -0.39 is 19.9 Å². The van der Waals surface area contributed by atoms with Crippen LogP contribution < -0.4 is 0 Å². The molecule has 0 amide bonds. The molecule has 3 aromatic rings. The van der Waals surface area contributed by atoms with Crippen LogP contribution in [-0.2, 0) is 33.0 Å². The summed E-state index contributed by atoms with van der Waals surface area (Å²) in [7, 11) is -7.39. The van der Waals surface area contributed by atoms with Gasteiger partial charge in [0, 0.05) is 29.1 Å². The van der Waals surface area contributed by atoms with E-state index >= 15 is 0 Å². The second-order valence-electron chi connectivity index (χ2n) is 6.13. The third-order valence-electron chi connectivity index (χ3n) is 4.03. The zero-order chi connectivity index (χ0) is 19.7. The van der Waals surface area contributed by atoms with Crippen molar-refractivity contribution in [3.05, 3.63) is 68.5 Å². The van der Waals surface area contributed by atoms with Gasteiger partial charge < -0.3 is 0 Å². The summed E-state index contributed by atoms with van der Waals surface area (Å²) in [4.78, 5) is 1.87. The van der Waals surface area contributed by atoms with Crippen LogP contribution in [0.15, 0.2) is 63.0 Å². The summed E-state index contributed by atoms with van der Waals surface area (Å²) in [6.45, 7) is 2.15. The maximum absolute atomic E-state index is 13.4. The molecule has 0 spiro atoms. The Labute approximate surface area is 167 Å². The minimum atomic E-state index is -3.88. The van der Waals surface area contributed by atoms with Gasteiger partial charge in [0.1, 0.15) is 0 Å². The fourth-order valence-electron chi connectivity index (χ4n) is 2.61. The lowest BCUT2D eigenvalue weighted by molar-refractivity contribution is 0.406. The summed E-state index contributed by atoms with van der Waals surface area (Å²) in [6.07, 6.45) is 1.07. The number of hydrogen-bond donors (Lipinski definition) is 0. The van der Waals surface area contributed by atoms with Crippen LogP contribution in [0.25, 0.3) is 0 Å². The fraction of sp³-hybridized carbons (Fsp3) is 0.222. The van der Waals surface area contributed by atoms with E-state index in [2.05, 4.69) is 0 Å². The molecule has 144 valence electrons. The van der Waals surface area contributed by atoms with Crippen LogP contribution >= 0.6 is 22.7 Å². The molecule has 3 rings (SSSR count). The minimum Gasteiger partial charge on any atom is -0.224 e. The van der Waals surface area contributed by atoms with Crippen molar-refractivity contribution in [1.29, 1.82) is 0 Å². The van der Waals surface area contributed by atoms with E-state index in [1.165, 1.54) is 45.2 Å². The summed E-state index contributed by atoms with van der Waals surface area (Å²) < 4.78 is 52.1. The molecular formula is C18H19NO4S4. The standard InChI is InChI=1S/C18H19NO4S4/c1-14-7-8-17(26(2,20)21)11-18(14)27(22,23)19(12-15-5-3-9-24-15)13-16-6-4-10-25-16/h3-11H,12-13H2,1-2H3. The molecule has 0 unspecified atom stereocenters. The molecule has 0 aliphatic rings. The first-order chi connectivity index (χ1) is 12.7. The van der Waals surface area contributed by atoms with E-state index in [9.17, 15) is 16.8 Å². The van der Waals surface area contributed by atoms with Crippen molar-refractivity contribution >= 4 is 42.5 Å². The molecule has 0 saturated heterocycles. The van der Waals surface area contributed by atoms with Crippen LogP contribution in [0.2, 0.25) is 0 Å². The smallest absolute Gasteiger partial charge is 0.224 e. The van der Waals surface area contributed by atoms with E-state index in [1.54, 1.807) is 6.92 Å². The highest BCUT2D eigenvalue weighted by molar-refractivity contribution is 7.91. The molecule has 9 heteroatoms. The SMILES string of the molecule is Cc1ccc(S(C)(=O)=O)cc1S(=O)(=O)N(Cc1cccs1)Cc1cccs1. The highest BCUT2D eigenvalue weighted by atomic mass is 32.2. The van der Waals surface area contributed by atoms with E-state index in [4.69, 9.17) is 0 Å². The summed E-state index contributed by atoms with van der Waals surface area (Å²) in [5, 5.41) is 3.81. The van der Waals surface area contributed by atoms with Gasteiger partial charge in [-0.15, -0.1) is 22.7 Å². The van der Waals surface area contributed by atoms with Crippen molar-refractivity contribution in [1.82, 2.24) is 4.31 Å². The Bertz CT molecular complexity index is 1080. The molecule has 0 N–H and O–H groups in total. The highest BCUT2D eigenvalue weighted by Gasteiger charge is 2.28. The lowest BCUT2D eigenvalue weighted by atomic mass is 10.2. The van der Waals surface area contributed by atoms with Crippen molar-refractivity contribution in [3.8, 4) is 0 Å². The molecule has 2 aromatic heterocycles. The average Bonchev–Trinajstić information content (AvgIpc) is 3.27. The second kappa shape index (κ2) is 7.84. The van der Waals surface area contributed by atoms with Crippen LogP contribution in [0.4, 0.5) is 0 Å². The first-order valence-electron chi connectivity index (χ1n) is 8.03. The van der Waals surface area contributed by atoms with Crippen LogP contribution in [-0.4, -0.2) is 27.4 Å². The van der Waals surface area contributed by atoms with Crippen molar-refractivity contribution in [3.63, 3.8) is 0 Å². The van der Waals surface area contributed by atoms with Gasteiger partial charge in [-0.3, -0.25) is 0 Å². The van der Waals surface area contributed by atoms with Gasteiger partial charge in [-0.1, -0.05) is 18.2 Å². The number of rotatable bonds is 7. The Morgan fingerprint density at radius 1 is 0.889 bits per heavy atom. The lowest BCUT2D eigenvalue weighted by Crippen LogP contribution is -2.30. The first-order valence-corrected chi connectivity index (χ1v) is 13.1. The molecular weight excluding hydrogens is 422 g/mol. The Balaban J connectivity index is 2.07. The van der Waals surface area contributed by atoms with E-state index in [1.807, 2.05) is 35.0 Å². The zero-order valence-electron chi connectivity index (χ0n) is 14.8. The quantitative estimate of drug-likeness (QED) is 0.557. The summed E-state index contributed by atoms with van der Waals surface area (Å²) >= 11 is 2.98. The number of aryl methyl sites for hydroxylation is 1. The monoisotopic (exact) mass is 441 g/mol. The third-order valence-corrected chi connectivity index (χ3v) is 8.80. The Morgan fingerprint density at radius 3 is 1.89 bits per heavy atom. The average molecular weight is 442 g/mol. The van der Waals surface area contributed by atoms with Gasteiger partial charge in [-0.25, -0.2) is 16.8 Å². The van der Waals surface area contributed by atoms with Crippen molar-refractivity contribution in [2.75, 3.05) is 6.26 Å². The van der Waals surface area contributed by atoms with Crippen molar-refractivity contribution in [2.24, 2.45) is 0 Å². The molecule has 2 heterocycles. The van der Waals surface area contributed by atoms with E-state index in [0.29, 0.717) is 5.56 Å². The molecule has 0 bridgehead atoms. The molecule has 27 heavy (non-hydrogen) atoms. The highest BCUT2D eigenvalue weighted by Crippen LogP contribution is 2.28. The van der Waals surface area contributed by atoms with Gasteiger partial charge >= 0.3 is 0 Å². The van der Waals surface area contributed by atoms with Gasteiger partial charge in [0.25, 0.3) is 0 Å². The molecule has 1 aromatic carbocycles. The summed E-state index contributed by atoms with van der Waals surface area (Å²) in [6, 6.07) is 11.8. The number of sulfonamides is 1. The zero-order valence-corrected chi connectivity index (χ0v) is 18.1. The van der Waals surface area contributed by atoms with Crippen molar-refractivity contribution in [2.45, 2.75) is 29.8 Å². The predicted octanol–water partition coefficient (Wildman–Crippen LogP) is 3.91. The minimum absolute atomic E-state index is 0.00104. The lowest BCUT2D eigenvalue weighted by Gasteiger charge is -2.22. The molecule has 0 saturated carbocycles. The Kier molecular flexibility index (Phi) is 5.87. The van der Waals surface area contributed by atoms with E-state index in [0.717, 1.165) is 16.0 Å². The van der Waals surface area contributed by atoms with Crippen LogP contribution in [0, 0.1) is 6.92 Å². The number of sulfone groups is 1. The first kappa shape index (κ1) is 20.2. The molecule has 0 aliphatic heterocycles. The third kappa shape index (κ3) is 4.67. The van der Waals surface area contributed by atoms with Gasteiger partial charge in [0.05, 0.1) is 9.79 Å². The van der Waals surface area contributed by atoms with Gasteiger partial charge in [0.2, 0.25) is 10.0 Å². The van der Waals surface area contributed by atoms with E-state index in [-0.39, 0.29) is 22.9 Å². The second-order valence-corrected chi connectivity index (χ2v) is 12.1. The van der Waals surface area contributed by atoms with Gasteiger partial charge in [-0.2, -0.15) is 4.31 Å². The van der Waals surface area contributed by atoms with Gasteiger partial charge in [0.15, 0.2) is 9.84 Å². The Hall–Kier alpha value is -1.52. The van der Waals surface area contributed by atoms with Crippen LogP contribution in [0.5, 0.6) is 0 Å². The van der Waals surface area contributed by atoms with Crippen LogP contribution in [0.3, 0.4) is 0 Å². The molecule has 0 aliphatic carbocycles. The molecule has 5 nitrogen and oxygen atoms in total. The number of thiophene rings is 2. The normalized spacial score (nSPS) is 12.6. The van der Waals surface area contributed by atoms with Gasteiger partial charge in [-0.05, 0) is 47.5 Å². The predicted molar refractivity (Wildman–Crippen MR) is 109 cm³/mol. The number of nitrogens with zero attached hydrogens (tertiary/aromatic N) is 1. The summed E-state index contributed by atoms with van der Waals surface area (Å²) in [5.74, 6) is 0.